The lowest BCUT2D eigenvalue weighted by molar-refractivity contribution is -0.120. The van der Waals surface area contributed by atoms with Crippen LogP contribution in [0.15, 0.2) is 47.4 Å². The van der Waals surface area contributed by atoms with Crippen molar-refractivity contribution in [3.8, 4) is 0 Å². The Balaban J connectivity index is 1.78. The molecule has 1 fully saturated rings. The Morgan fingerprint density at radius 1 is 1.19 bits per heavy atom. The predicted octanol–water partition coefficient (Wildman–Crippen LogP) is 4.00. The molecule has 0 unspecified atom stereocenters. The number of nitrogens with one attached hydrogen (secondary N) is 1. The Kier molecular flexibility index (Phi) is 5.89. The summed E-state index contributed by atoms with van der Waals surface area (Å²) in [7, 11) is -3.64. The zero-order valence-electron chi connectivity index (χ0n) is 15.4. The Bertz CT molecular complexity index is 959. The van der Waals surface area contributed by atoms with E-state index in [2.05, 4.69) is 5.32 Å². The van der Waals surface area contributed by atoms with Crippen molar-refractivity contribution >= 4 is 33.2 Å². The van der Waals surface area contributed by atoms with Crippen molar-refractivity contribution in [3.63, 3.8) is 0 Å². The van der Waals surface area contributed by atoms with Crippen LogP contribution in [0.2, 0.25) is 5.02 Å². The summed E-state index contributed by atoms with van der Waals surface area (Å²) in [5.41, 5.74) is 2.14. The molecule has 0 radical (unpaired) electrons. The number of rotatable bonds is 4. The molecule has 1 saturated heterocycles. The maximum absolute atomic E-state index is 13.1. The topological polar surface area (TPSA) is 66.5 Å². The van der Waals surface area contributed by atoms with Crippen LogP contribution in [0.3, 0.4) is 0 Å². The van der Waals surface area contributed by atoms with Crippen molar-refractivity contribution < 1.29 is 13.2 Å². The normalized spacial score (nSPS) is 18.3. The van der Waals surface area contributed by atoms with Gasteiger partial charge < -0.3 is 5.32 Å². The van der Waals surface area contributed by atoms with Crippen molar-refractivity contribution in [1.29, 1.82) is 0 Å². The second-order valence-corrected chi connectivity index (χ2v) is 9.25. The monoisotopic (exact) mass is 406 g/mol. The molecule has 1 N–H and O–H groups in total. The average Bonchev–Trinajstić information content (AvgIpc) is 2.65. The van der Waals surface area contributed by atoms with Crippen LogP contribution >= 0.6 is 11.6 Å². The first-order chi connectivity index (χ1) is 12.8. The fourth-order valence-corrected chi connectivity index (χ4v) is 5.31. The van der Waals surface area contributed by atoms with Crippen molar-refractivity contribution in [1.82, 2.24) is 4.31 Å². The fourth-order valence-electron chi connectivity index (χ4n) is 3.30. The zero-order chi connectivity index (χ0) is 19.6. The highest BCUT2D eigenvalue weighted by molar-refractivity contribution is 7.89. The summed E-state index contributed by atoms with van der Waals surface area (Å²) in [5, 5.41) is 3.28. The molecular weight excluding hydrogens is 384 g/mol. The third-order valence-electron chi connectivity index (χ3n) is 4.85. The van der Waals surface area contributed by atoms with Gasteiger partial charge in [-0.2, -0.15) is 4.31 Å². The maximum atomic E-state index is 13.1. The molecule has 1 aliphatic heterocycles. The highest BCUT2D eigenvalue weighted by atomic mass is 35.5. The molecule has 1 heterocycles. The van der Waals surface area contributed by atoms with Crippen LogP contribution in [0.25, 0.3) is 0 Å². The van der Waals surface area contributed by atoms with Crippen LogP contribution < -0.4 is 5.32 Å². The van der Waals surface area contributed by atoms with E-state index in [9.17, 15) is 13.2 Å². The van der Waals surface area contributed by atoms with Gasteiger partial charge in [-0.25, -0.2) is 8.42 Å². The molecule has 0 aliphatic carbocycles. The molecule has 7 heteroatoms. The largest absolute Gasteiger partial charge is 0.324 e. The molecule has 1 amide bonds. The van der Waals surface area contributed by atoms with Crippen LogP contribution in [-0.2, 0) is 14.8 Å². The van der Waals surface area contributed by atoms with Crippen molar-refractivity contribution in [2.75, 3.05) is 18.4 Å². The van der Waals surface area contributed by atoms with E-state index in [4.69, 9.17) is 11.6 Å². The number of para-hydroxylation sites is 1. The summed E-state index contributed by atoms with van der Waals surface area (Å²) in [6.07, 6.45) is 1.29. The van der Waals surface area contributed by atoms with Crippen LogP contribution in [0, 0.1) is 19.8 Å². The van der Waals surface area contributed by atoms with Gasteiger partial charge in [-0.3, -0.25) is 4.79 Å². The number of benzene rings is 2. The summed E-state index contributed by atoms with van der Waals surface area (Å²) < 4.78 is 27.7. The highest BCUT2D eigenvalue weighted by Gasteiger charge is 2.34. The van der Waals surface area contributed by atoms with E-state index in [1.807, 2.05) is 19.1 Å². The number of hydrogen-bond acceptors (Lipinski definition) is 3. The first kappa shape index (κ1) is 19.9. The summed E-state index contributed by atoms with van der Waals surface area (Å²) in [6, 6.07) is 12.4. The van der Waals surface area contributed by atoms with Gasteiger partial charge in [-0.1, -0.05) is 35.9 Å². The standard InChI is InChI=1S/C20H23ClN2O3S/c1-14-9-10-15(2)19(12-14)27(25,26)23-11-5-6-16(13-23)20(24)22-18-8-4-3-7-17(18)21/h3-4,7-10,12,16H,5-6,11,13H2,1-2H3,(H,22,24)/t16-/m1/s1. The molecule has 27 heavy (non-hydrogen) atoms. The van der Waals surface area contributed by atoms with Crippen molar-refractivity contribution in [3.05, 3.63) is 58.6 Å². The number of hydrogen-bond donors (Lipinski definition) is 1. The molecular formula is C20H23ClN2O3S. The minimum atomic E-state index is -3.64. The number of halogens is 1. The second-order valence-electron chi connectivity index (χ2n) is 6.94. The molecule has 0 spiro atoms. The summed E-state index contributed by atoms with van der Waals surface area (Å²) >= 11 is 6.10. The van der Waals surface area contributed by atoms with Crippen LogP contribution in [-0.4, -0.2) is 31.7 Å². The third-order valence-corrected chi connectivity index (χ3v) is 7.18. The molecule has 144 valence electrons. The predicted molar refractivity (Wildman–Crippen MR) is 107 cm³/mol. The smallest absolute Gasteiger partial charge is 0.243 e. The van der Waals surface area contributed by atoms with E-state index in [1.165, 1.54) is 4.31 Å². The SMILES string of the molecule is Cc1ccc(C)c(S(=O)(=O)N2CCC[C@@H](C(=O)Nc3ccccc3Cl)C2)c1. The fraction of sp³-hybridized carbons (Fsp3) is 0.350. The van der Waals surface area contributed by atoms with E-state index in [-0.39, 0.29) is 12.5 Å². The first-order valence-electron chi connectivity index (χ1n) is 8.92. The highest BCUT2D eigenvalue weighted by Crippen LogP contribution is 2.28. The first-order valence-corrected chi connectivity index (χ1v) is 10.7. The Hall–Kier alpha value is -1.89. The summed E-state index contributed by atoms with van der Waals surface area (Å²) in [4.78, 5) is 13.0. The molecule has 0 saturated carbocycles. The summed E-state index contributed by atoms with van der Waals surface area (Å²) in [6.45, 7) is 4.25. The number of piperidine rings is 1. The second kappa shape index (κ2) is 8.00. The Morgan fingerprint density at radius 3 is 2.67 bits per heavy atom. The van der Waals surface area contributed by atoms with Gasteiger partial charge >= 0.3 is 0 Å². The minimum absolute atomic E-state index is 0.173. The number of carbonyl (C=O) groups is 1. The van der Waals surface area contributed by atoms with E-state index < -0.39 is 15.9 Å². The van der Waals surface area contributed by atoms with Crippen molar-refractivity contribution in [2.45, 2.75) is 31.6 Å². The molecule has 3 rings (SSSR count). The number of aryl methyl sites for hydroxylation is 2. The number of nitrogens with zero attached hydrogens (tertiary/aromatic N) is 1. The van der Waals surface area contributed by atoms with Gasteiger partial charge in [-0.15, -0.1) is 0 Å². The third kappa shape index (κ3) is 4.34. The van der Waals surface area contributed by atoms with Crippen molar-refractivity contribution in [2.24, 2.45) is 5.92 Å². The molecule has 0 aromatic heterocycles. The molecule has 2 aromatic carbocycles. The molecule has 1 atom stereocenters. The van der Waals surface area contributed by atoms with E-state index >= 15 is 0 Å². The van der Waals surface area contributed by atoms with Gasteiger partial charge in [0, 0.05) is 13.1 Å². The number of carbonyl (C=O) groups excluding carboxylic acids is 1. The average molecular weight is 407 g/mol. The minimum Gasteiger partial charge on any atom is -0.324 e. The lowest BCUT2D eigenvalue weighted by atomic mass is 9.99. The van der Waals surface area contributed by atoms with Gasteiger partial charge in [0.1, 0.15) is 0 Å². The van der Waals surface area contributed by atoms with E-state index in [0.29, 0.717) is 40.6 Å². The van der Waals surface area contributed by atoms with E-state index in [1.54, 1.807) is 37.3 Å². The van der Waals surface area contributed by atoms with Gasteiger partial charge in [0.25, 0.3) is 0 Å². The van der Waals surface area contributed by atoms with Gasteiger partial charge in [-0.05, 0) is 56.0 Å². The van der Waals surface area contributed by atoms with Crippen LogP contribution in [0.4, 0.5) is 5.69 Å². The number of sulfonamides is 1. The van der Waals surface area contributed by atoms with Gasteiger partial charge in [0.05, 0.1) is 21.5 Å². The lowest BCUT2D eigenvalue weighted by Gasteiger charge is -2.31. The molecule has 1 aliphatic rings. The van der Waals surface area contributed by atoms with Gasteiger partial charge in [0.2, 0.25) is 15.9 Å². The number of amides is 1. The number of anilines is 1. The maximum Gasteiger partial charge on any atom is 0.243 e. The lowest BCUT2D eigenvalue weighted by Crippen LogP contribution is -2.43. The van der Waals surface area contributed by atoms with Crippen LogP contribution in [0.1, 0.15) is 24.0 Å². The molecule has 2 aromatic rings. The van der Waals surface area contributed by atoms with Gasteiger partial charge in [0.15, 0.2) is 0 Å². The molecule has 0 bridgehead atoms. The molecule has 5 nitrogen and oxygen atoms in total. The zero-order valence-corrected chi connectivity index (χ0v) is 17.0. The van der Waals surface area contributed by atoms with E-state index in [0.717, 1.165) is 5.56 Å². The Labute approximate surface area is 165 Å². The summed E-state index contributed by atoms with van der Waals surface area (Å²) in [5.74, 6) is -0.612. The Morgan fingerprint density at radius 2 is 1.93 bits per heavy atom. The van der Waals surface area contributed by atoms with Crippen LogP contribution in [0.5, 0.6) is 0 Å². The quantitative estimate of drug-likeness (QED) is 0.834.